The van der Waals surface area contributed by atoms with Crippen molar-refractivity contribution in [1.29, 1.82) is 0 Å². The third-order valence-corrected chi connectivity index (χ3v) is 11.6. The van der Waals surface area contributed by atoms with Crippen molar-refractivity contribution in [1.82, 2.24) is 4.57 Å². The van der Waals surface area contributed by atoms with E-state index in [9.17, 15) is 0 Å². The molecular weight excluding hydrogens is 641 g/mol. The van der Waals surface area contributed by atoms with Gasteiger partial charge in [-0.1, -0.05) is 158 Å². The highest BCUT2D eigenvalue weighted by molar-refractivity contribution is 6.13. The van der Waals surface area contributed by atoms with Gasteiger partial charge in [-0.15, -0.1) is 0 Å². The minimum atomic E-state index is -0.737. The summed E-state index contributed by atoms with van der Waals surface area (Å²) in [4.78, 5) is 0. The molecule has 1 N–H and O–H groups in total. The molecule has 0 fully saturated rings. The fraction of sp³-hybridized carbons (Fsp3) is 0.0196. The molecule has 1 atom stereocenters. The Labute approximate surface area is 308 Å². The van der Waals surface area contributed by atoms with Crippen LogP contribution in [0.2, 0.25) is 0 Å². The quantitative estimate of drug-likeness (QED) is 0.197. The number of para-hydroxylation sites is 3. The van der Waals surface area contributed by atoms with Crippen LogP contribution in [0.4, 0.5) is 5.69 Å². The molecule has 9 aromatic rings. The summed E-state index contributed by atoms with van der Waals surface area (Å²) in [6.07, 6.45) is 1.84. The molecule has 11 rings (SSSR count). The Kier molecular flexibility index (Phi) is 6.35. The normalized spacial score (nSPS) is 14.9. The van der Waals surface area contributed by atoms with Crippen molar-refractivity contribution in [2.45, 2.75) is 5.41 Å². The first-order valence-corrected chi connectivity index (χ1v) is 18.3. The molecule has 0 amide bonds. The van der Waals surface area contributed by atoms with Gasteiger partial charge in [-0.2, -0.15) is 0 Å². The second-order valence-electron chi connectivity index (χ2n) is 14.2. The molecule has 0 saturated carbocycles. The SMILES string of the molecule is C=CNc1c2cc(-c3ccccc3)cc1C1(c3cc(-c4ccccc4)ccc3-c3ccccc3-2)c2ccccc2-n2c3ccccc3c3cccc1c32. The molecule has 2 heterocycles. The molecule has 2 aliphatic rings. The van der Waals surface area contributed by atoms with E-state index >= 15 is 0 Å². The van der Waals surface area contributed by atoms with Gasteiger partial charge in [0.05, 0.1) is 27.8 Å². The van der Waals surface area contributed by atoms with E-state index in [1.165, 1.54) is 88.7 Å². The molecule has 1 aromatic heterocycles. The lowest BCUT2D eigenvalue weighted by Gasteiger charge is -2.45. The van der Waals surface area contributed by atoms with E-state index in [-0.39, 0.29) is 0 Å². The average molecular weight is 675 g/mol. The lowest BCUT2D eigenvalue weighted by molar-refractivity contribution is 0.731. The Morgan fingerprint density at radius 2 is 1.06 bits per heavy atom. The van der Waals surface area contributed by atoms with E-state index in [0.717, 1.165) is 11.3 Å². The fourth-order valence-corrected chi connectivity index (χ4v) is 9.49. The number of anilines is 1. The molecule has 1 aliphatic heterocycles. The lowest BCUT2D eigenvalue weighted by atomic mass is 9.59. The van der Waals surface area contributed by atoms with Gasteiger partial charge in [0.1, 0.15) is 0 Å². The van der Waals surface area contributed by atoms with E-state index in [0.29, 0.717) is 0 Å². The predicted octanol–water partition coefficient (Wildman–Crippen LogP) is 13.0. The van der Waals surface area contributed by atoms with Crippen molar-refractivity contribution in [2.24, 2.45) is 0 Å². The van der Waals surface area contributed by atoms with Crippen molar-refractivity contribution >= 4 is 27.5 Å². The van der Waals surface area contributed by atoms with Gasteiger partial charge in [-0.05, 0) is 97.7 Å². The number of nitrogens with one attached hydrogen (secondary N) is 1. The molecule has 1 spiro atoms. The first-order chi connectivity index (χ1) is 26.3. The Morgan fingerprint density at radius 1 is 0.434 bits per heavy atom. The summed E-state index contributed by atoms with van der Waals surface area (Å²) >= 11 is 0. The van der Waals surface area contributed by atoms with Gasteiger partial charge >= 0.3 is 0 Å². The lowest BCUT2D eigenvalue weighted by Crippen LogP contribution is -2.37. The first kappa shape index (κ1) is 29.8. The van der Waals surface area contributed by atoms with Crippen LogP contribution in [0.5, 0.6) is 0 Å². The summed E-state index contributed by atoms with van der Waals surface area (Å²) in [6.45, 7) is 4.25. The molecule has 2 bridgehead atoms. The first-order valence-electron chi connectivity index (χ1n) is 18.3. The number of rotatable bonds is 4. The van der Waals surface area contributed by atoms with Crippen molar-refractivity contribution in [3.05, 3.63) is 217 Å². The van der Waals surface area contributed by atoms with E-state index in [1.54, 1.807) is 0 Å². The molecule has 248 valence electrons. The standard InChI is InChI=1S/C51H34N2/c1-2-52-49-42-30-36(34-18-7-4-8-19-34)32-46(49)51(45-31-35(33-16-5-3-6-17-33)28-29-39(45)37-20-9-10-21-38(37)42)43-24-12-14-27-48(43)53-47-26-13-11-22-40(47)41-23-15-25-44(51)50(41)53/h2-32,52H,1H2. The smallest absolute Gasteiger partial charge is 0.0769 e. The van der Waals surface area contributed by atoms with Crippen LogP contribution >= 0.6 is 0 Å². The highest BCUT2D eigenvalue weighted by Crippen LogP contribution is 2.61. The molecule has 2 nitrogen and oxygen atoms in total. The van der Waals surface area contributed by atoms with E-state index in [4.69, 9.17) is 0 Å². The summed E-state index contributed by atoms with van der Waals surface area (Å²) < 4.78 is 2.51. The van der Waals surface area contributed by atoms with Crippen LogP contribution in [-0.4, -0.2) is 4.57 Å². The van der Waals surface area contributed by atoms with E-state index in [1.807, 2.05) is 6.20 Å². The second-order valence-corrected chi connectivity index (χ2v) is 14.2. The summed E-state index contributed by atoms with van der Waals surface area (Å²) in [5.74, 6) is 0. The summed E-state index contributed by atoms with van der Waals surface area (Å²) in [7, 11) is 0. The highest BCUT2D eigenvalue weighted by atomic mass is 15.0. The number of fused-ring (bicyclic) bond motifs is 15. The minimum absolute atomic E-state index is 0.737. The number of aromatic nitrogens is 1. The topological polar surface area (TPSA) is 17.0 Å². The van der Waals surface area contributed by atoms with Crippen molar-refractivity contribution in [3.63, 3.8) is 0 Å². The molecule has 0 saturated heterocycles. The average Bonchev–Trinajstić information content (AvgIpc) is 3.57. The van der Waals surface area contributed by atoms with Crippen LogP contribution in [0.3, 0.4) is 0 Å². The molecule has 1 unspecified atom stereocenters. The van der Waals surface area contributed by atoms with Crippen LogP contribution in [0.1, 0.15) is 22.3 Å². The van der Waals surface area contributed by atoms with Gasteiger partial charge in [0.25, 0.3) is 0 Å². The number of nitrogens with zero attached hydrogens (tertiary/aromatic N) is 1. The van der Waals surface area contributed by atoms with Gasteiger partial charge < -0.3 is 9.88 Å². The maximum atomic E-state index is 4.25. The van der Waals surface area contributed by atoms with Gasteiger partial charge in [0.2, 0.25) is 0 Å². The molecule has 53 heavy (non-hydrogen) atoms. The molecule has 1 aliphatic carbocycles. The Balaban J connectivity index is 1.43. The molecule has 2 heteroatoms. The van der Waals surface area contributed by atoms with Gasteiger partial charge in [-0.25, -0.2) is 0 Å². The van der Waals surface area contributed by atoms with Crippen LogP contribution in [0.25, 0.3) is 72.0 Å². The summed E-state index contributed by atoms with van der Waals surface area (Å²) in [5.41, 5.74) is 18.5. The van der Waals surface area contributed by atoms with E-state index < -0.39 is 5.41 Å². The largest absolute Gasteiger partial charge is 0.362 e. The second kappa shape index (κ2) is 11.3. The number of hydrogen-bond donors (Lipinski definition) is 1. The van der Waals surface area contributed by atoms with Crippen molar-refractivity contribution in [3.8, 4) is 50.2 Å². The third kappa shape index (κ3) is 4.03. The van der Waals surface area contributed by atoms with Crippen molar-refractivity contribution in [2.75, 3.05) is 5.32 Å². The number of hydrogen-bond acceptors (Lipinski definition) is 1. The van der Waals surface area contributed by atoms with Crippen LogP contribution in [0, 0.1) is 0 Å². The van der Waals surface area contributed by atoms with Gasteiger partial charge in [0, 0.05) is 16.3 Å². The summed E-state index contributed by atoms with van der Waals surface area (Å²) in [5, 5.41) is 6.27. The minimum Gasteiger partial charge on any atom is -0.362 e. The molecule has 0 radical (unpaired) electrons. The highest BCUT2D eigenvalue weighted by Gasteiger charge is 2.49. The predicted molar refractivity (Wildman–Crippen MR) is 222 cm³/mol. The molecule has 8 aromatic carbocycles. The van der Waals surface area contributed by atoms with E-state index in [2.05, 4.69) is 198 Å². The zero-order valence-corrected chi connectivity index (χ0v) is 29.1. The molecular formula is C51H34N2. The van der Waals surface area contributed by atoms with Crippen molar-refractivity contribution < 1.29 is 0 Å². The Bertz CT molecular complexity index is 2930. The maximum Gasteiger partial charge on any atom is 0.0769 e. The van der Waals surface area contributed by atoms with Gasteiger partial charge in [-0.3, -0.25) is 0 Å². The van der Waals surface area contributed by atoms with Crippen LogP contribution in [0.15, 0.2) is 195 Å². The zero-order chi connectivity index (χ0) is 35.1. The van der Waals surface area contributed by atoms with Crippen LogP contribution < -0.4 is 5.32 Å². The van der Waals surface area contributed by atoms with Gasteiger partial charge in [0.15, 0.2) is 0 Å². The third-order valence-electron chi connectivity index (χ3n) is 11.6. The Morgan fingerprint density at radius 3 is 1.85 bits per heavy atom. The monoisotopic (exact) mass is 674 g/mol. The van der Waals surface area contributed by atoms with Crippen LogP contribution in [-0.2, 0) is 5.41 Å². The Hall–Kier alpha value is -6.90. The summed E-state index contributed by atoms with van der Waals surface area (Å²) in [6, 6.07) is 67.4. The zero-order valence-electron chi connectivity index (χ0n) is 29.1. The maximum absolute atomic E-state index is 4.25. The number of benzene rings is 8. The fourth-order valence-electron chi connectivity index (χ4n) is 9.49.